The fourth-order valence-corrected chi connectivity index (χ4v) is 1.49. The summed E-state index contributed by atoms with van der Waals surface area (Å²) in [6.07, 6.45) is 5.91. The van der Waals surface area contributed by atoms with Gasteiger partial charge in [0.1, 0.15) is 16.8 Å². The lowest BCUT2D eigenvalue weighted by molar-refractivity contribution is 0.545. The summed E-state index contributed by atoms with van der Waals surface area (Å²) in [6.45, 7) is 8.15. The van der Waals surface area contributed by atoms with Gasteiger partial charge in [-0.25, -0.2) is 9.97 Å². The van der Waals surface area contributed by atoms with Crippen molar-refractivity contribution >= 4 is 17.4 Å². The molecule has 1 atom stereocenters. The first-order valence-electron chi connectivity index (χ1n) is 5.58. The molecule has 0 aromatic carbocycles. The lowest BCUT2D eigenvalue weighted by Gasteiger charge is -2.19. The quantitative estimate of drug-likeness (QED) is 0.662. The van der Waals surface area contributed by atoms with Crippen molar-refractivity contribution in [1.29, 1.82) is 0 Å². The molecule has 0 saturated heterocycles. The molecule has 1 aromatic rings. The van der Waals surface area contributed by atoms with Gasteiger partial charge >= 0.3 is 0 Å². The minimum absolute atomic E-state index is 0.128. The van der Waals surface area contributed by atoms with Gasteiger partial charge in [-0.05, 0) is 6.92 Å². The van der Waals surface area contributed by atoms with E-state index in [1.165, 1.54) is 0 Å². The fraction of sp³-hybridized carbons (Fsp3) is 0.538. The van der Waals surface area contributed by atoms with Crippen LogP contribution in [-0.2, 0) is 5.41 Å². The summed E-state index contributed by atoms with van der Waals surface area (Å²) >= 11 is 5.99. The number of anilines is 1. The average Bonchev–Trinajstić information content (AvgIpc) is 2.15. The average molecular weight is 252 g/mol. The van der Waals surface area contributed by atoms with Gasteiger partial charge in [0.15, 0.2) is 0 Å². The third-order valence-corrected chi connectivity index (χ3v) is 2.38. The molecule has 1 unspecified atom stereocenters. The van der Waals surface area contributed by atoms with Crippen LogP contribution < -0.4 is 5.32 Å². The molecule has 0 bridgehead atoms. The van der Waals surface area contributed by atoms with Gasteiger partial charge in [0, 0.05) is 23.9 Å². The van der Waals surface area contributed by atoms with Crippen molar-refractivity contribution in [2.24, 2.45) is 0 Å². The Morgan fingerprint density at radius 1 is 1.47 bits per heavy atom. The number of aromatic nitrogens is 2. The lowest BCUT2D eigenvalue weighted by Crippen LogP contribution is -2.20. The summed E-state index contributed by atoms with van der Waals surface area (Å²) in [4.78, 5) is 8.68. The Hall–Kier alpha value is -1.27. The zero-order valence-corrected chi connectivity index (χ0v) is 11.5. The molecule has 4 heteroatoms. The maximum Gasteiger partial charge on any atom is 0.137 e. The zero-order valence-electron chi connectivity index (χ0n) is 10.7. The molecule has 0 aliphatic heterocycles. The molecular formula is C13H18ClN3. The molecule has 0 fully saturated rings. The van der Waals surface area contributed by atoms with Crippen LogP contribution in [0.4, 0.5) is 5.82 Å². The number of rotatable bonds is 3. The Morgan fingerprint density at radius 2 is 2.12 bits per heavy atom. The Labute approximate surface area is 108 Å². The Balaban J connectivity index is 2.95. The number of nitrogens with zero attached hydrogens (tertiary/aromatic N) is 2. The van der Waals surface area contributed by atoms with Crippen molar-refractivity contribution in [2.45, 2.75) is 45.6 Å². The fourth-order valence-electron chi connectivity index (χ4n) is 1.31. The van der Waals surface area contributed by atoms with Crippen molar-refractivity contribution in [2.75, 3.05) is 5.32 Å². The zero-order chi connectivity index (χ0) is 13.1. The van der Waals surface area contributed by atoms with Crippen molar-refractivity contribution in [3.05, 3.63) is 17.0 Å². The largest absolute Gasteiger partial charge is 0.367 e. The molecule has 1 rings (SSSR count). The summed E-state index contributed by atoms with van der Waals surface area (Å²) in [5.74, 6) is 4.05. The van der Waals surface area contributed by atoms with Crippen LogP contribution >= 0.6 is 11.6 Å². The van der Waals surface area contributed by atoms with Gasteiger partial charge in [-0.1, -0.05) is 32.4 Å². The summed E-state index contributed by atoms with van der Waals surface area (Å²) in [6, 6.07) is 1.88. The molecule has 17 heavy (non-hydrogen) atoms. The van der Waals surface area contributed by atoms with Gasteiger partial charge in [0.2, 0.25) is 0 Å². The third kappa shape index (κ3) is 4.24. The lowest BCUT2D eigenvalue weighted by atomic mass is 9.96. The second-order valence-electron chi connectivity index (χ2n) is 5.10. The van der Waals surface area contributed by atoms with Crippen molar-refractivity contribution < 1.29 is 0 Å². The molecule has 1 aromatic heterocycles. The van der Waals surface area contributed by atoms with Crippen LogP contribution in [0, 0.1) is 12.3 Å². The SMILES string of the molecule is C#CCC(C)Nc1cc(Cl)nc(C(C)(C)C)n1. The minimum atomic E-state index is -0.128. The predicted octanol–water partition coefficient (Wildman–Crippen LogP) is 3.25. The van der Waals surface area contributed by atoms with Crippen molar-refractivity contribution in [3.63, 3.8) is 0 Å². The van der Waals surface area contributed by atoms with Crippen molar-refractivity contribution in [1.82, 2.24) is 9.97 Å². The maximum absolute atomic E-state index is 5.99. The molecule has 0 amide bonds. The van der Waals surface area contributed by atoms with E-state index in [4.69, 9.17) is 18.0 Å². The maximum atomic E-state index is 5.99. The van der Waals surface area contributed by atoms with Crippen LogP contribution in [0.3, 0.4) is 0 Å². The molecule has 0 aliphatic carbocycles. The molecule has 0 spiro atoms. The van der Waals surface area contributed by atoms with E-state index in [2.05, 4.69) is 21.2 Å². The van der Waals surface area contributed by atoms with Crippen molar-refractivity contribution in [3.8, 4) is 12.3 Å². The van der Waals surface area contributed by atoms with Gasteiger partial charge in [-0.3, -0.25) is 0 Å². The number of hydrogen-bond acceptors (Lipinski definition) is 3. The van der Waals surface area contributed by atoms with Gasteiger partial charge in [0.05, 0.1) is 0 Å². The molecular weight excluding hydrogens is 234 g/mol. The molecule has 3 nitrogen and oxygen atoms in total. The first kappa shape index (κ1) is 13.8. The highest BCUT2D eigenvalue weighted by molar-refractivity contribution is 6.29. The normalized spacial score (nSPS) is 12.9. The van der Waals surface area contributed by atoms with Gasteiger partial charge < -0.3 is 5.32 Å². The molecule has 0 aliphatic rings. The van der Waals surface area contributed by atoms with E-state index >= 15 is 0 Å². The van der Waals surface area contributed by atoms with E-state index < -0.39 is 0 Å². The van der Waals surface area contributed by atoms with E-state index in [-0.39, 0.29) is 11.5 Å². The molecule has 0 radical (unpaired) electrons. The minimum Gasteiger partial charge on any atom is -0.367 e. The van der Waals surface area contributed by atoms with Gasteiger partial charge in [-0.15, -0.1) is 12.3 Å². The Kier molecular flexibility index (Phi) is 4.36. The second kappa shape index (κ2) is 5.37. The summed E-state index contributed by atoms with van der Waals surface area (Å²) in [7, 11) is 0. The van der Waals surface area contributed by atoms with Crippen LogP contribution in [0.1, 0.15) is 39.9 Å². The smallest absolute Gasteiger partial charge is 0.137 e. The highest BCUT2D eigenvalue weighted by atomic mass is 35.5. The second-order valence-corrected chi connectivity index (χ2v) is 5.49. The first-order chi connectivity index (χ1) is 7.82. The molecule has 0 saturated carbocycles. The van der Waals surface area contributed by atoms with Crippen LogP contribution in [0.5, 0.6) is 0 Å². The monoisotopic (exact) mass is 251 g/mol. The highest BCUT2D eigenvalue weighted by Gasteiger charge is 2.19. The summed E-state index contributed by atoms with van der Waals surface area (Å²) < 4.78 is 0. The first-order valence-corrected chi connectivity index (χ1v) is 5.96. The number of terminal acetylenes is 1. The standard InChI is InChI=1S/C13H18ClN3/c1-6-7-9(2)15-11-8-10(14)16-12(17-11)13(3,4)5/h1,8-9H,7H2,2-5H3,(H,15,16,17). The van der Waals surface area contributed by atoms with E-state index in [1.807, 2.05) is 27.7 Å². The molecule has 1 N–H and O–H groups in total. The van der Waals surface area contributed by atoms with E-state index in [1.54, 1.807) is 6.07 Å². The topological polar surface area (TPSA) is 37.8 Å². The van der Waals surface area contributed by atoms with Gasteiger partial charge in [-0.2, -0.15) is 0 Å². The predicted molar refractivity (Wildman–Crippen MR) is 72.3 cm³/mol. The highest BCUT2D eigenvalue weighted by Crippen LogP contribution is 2.22. The number of nitrogens with one attached hydrogen (secondary N) is 1. The summed E-state index contributed by atoms with van der Waals surface area (Å²) in [5.41, 5.74) is -0.128. The summed E-state index contributed by atoms with van der Waals surface area (Å²) in [5, 5.41) is 3.66. The third-order valence-electron chi connectivity index (χ3n) is 2.18. The Morgan fingerprint density at radius 3 is 2.65 bits per heavy atom. The number of halogens is 1. The molecule has 92 valence electrons. The Bertz CT molecular complexity index is 429. The van der Waals surface area contributed by atoms with Crippen LogP contribution in [0.15, 0.2) is 6.07 Å². The van der Waals surface area contributed by atoms with E-state index in [0.717, 1.165) is 11.6 Å². The molecule has 1 heterocycles. The van der Waals surface area contributed by atoms with Crippen LogP contribution in [0.2, 0.25) is 5.15 Å². The van der Waals surface area contributed by atoms with Crippen LogP contribution in [-0.4, -0.2) is 16.0 Å². The number of hydrogen-bond donors (Lipinski definition) is 1. The van der Waals surface area contributed by atoms with Crippen LogP contribution in [0.25, 0.3) is 0 Å². The van der Waals surface area contributed by atoms with E-state index in [0.29, 0.717) is 11.6 Å². The van der Waals surface area contributed by atoms with E-state index in [9.17, 15) is 0 Å². The van der Waals surface area contributed by atoms with Gasteiger partial charge in [0.25, 0.3) is 0 Å².